The normalized spacial score (nSPS) is 11.2. The molecule has 0 radical (unpaired) electrons. The van der Waals surface area contributed by atoms with Crippen molar-refractivity contribution in [2.24, 2.45) is 0 Å². The Morgan fingerprint density at radius 1 is 1.10 bits per heavy atom. The minimum atomic E-state index is -3.66. The summed E-state index contributed by atoms with van der Waals surface area (Å²) in [6.07, 6.45) is 0. The van der Waals surface area contributed by atoms with E-state index < -0.39 is 14.8 Å². The number of hydrogen-bond donors (Lipinski definition) is 1. The van der Waals surface area contributed by atoms with E-state index in [9.17, 15) is 23.6 Å². The van der Waals surface area contributed by atoms with E-state index in [4.69, 9.17) is 0 Å². The SMILES string of the molecule is O=[N+]([O-])c1cccc(CS(=O)(=O)c2cccc(O)c2)c1. The highest BCUT2D eigenvalue weighted by Gasteiger charge is 2.17. The smallest absolute Gasteiger partial charge is 0.269 e. The highest BCUT2D eigenvalue weighted by atomic mass is 32.2. The average molecular weight is 293 g/mol. The van der Waals surface area contributed by atoms with E-state index in [0.717, 1.165) is 6.07 Å². The van der Waals surface area contributed by atoms with Crippen LogP contribution >= 0.6 is 0 Å². The van der Waals surface area contributed by atoms with Crippen molar-refractivity contribution >= 4 is 15.5 Å². The summed E-state index contributed by atoms with van der Waals surface area (Å²) in [4.78, 5) is 10.1. The van der Waals surface area contributed by atoms with Crippen molar-refractivity contribution < 1.29 is 18.4 Å². The molecule has 0 bridgehead atoms. The molecular weight excluding hydrogens is 282 g/mol. The molecule has 0 aliphatic rings. The van der Waals surface area contributed by atoms with Crippen LogP contribution in [0.2, 0.25) is 0 Å². The van der Waals surface area contributed by atoms with E-state index >= 15 is 0 Å². The highest BCUT2D eigenvalue weighted by Crippen LogP contribution is 2.22. The van der Waals surface area contributed by atoms with Crippen molar-refractivity contribution in [2.75, 3.05) is 0 Å². The Balaban J connectivity index is 2.33. The number of rotatable bonds is 4. The molecule has 0 aliphatic carbocycles. The molecule has 0 amide bonds. The van der Waals surface area contributed by atoms with Crippen LogP contribution in [0.25, 0.3) is 0 Å². The molecule has 0 heterocycles. The van der Waals surface area contributed by atoms with Crippen LogP contribution in [0.5, 0.6) is 5.75 Å². The molecule has 0 saturated carbocycles. The fourth-order valence-electron chi connectivity index (χ4n) is 1.74. The standard InChI is InChI=1S/C13H11NO5S/c15-12-5-2-6-13(8-12)20(18,19)9-10-3-1-4-11(7-10)14(16)17/h1-8,15H,9H2. The molecule has 2 aromatic carbocycles. The van der Waals surface area contributed by atoms with Crippen LogP contribution in [0.1, 0.15) is 5.56 Å². The van der Waals surface area contributed by atoms with Crippen molar-refractivity contribution in [3.8, 4) is 5.75 Å². The Bertz CT molecular complexity index is 755. The van der Waals surface area contributed by atoms with Gasteiger partial charge in [-0.25, -0.2) is 8.42 Å². The molecule has 2 rings (SSSR count). The summed E-state index contributed by atoms with van der Waals surface area (Å²) in [5, 5.41) is 20.0. The van der Waals surface area contributed by atoms with Gasteiger partial charge in [0.25, 0.3) is 5.69 Å². The first-order valence-electron chi connectivity index (χ1n) is 5.63. The minimum absolute atomic E-state index is 0.0241. The van der Waals surface area contributed by atoms with E-state index in [-0.39, 0.29) is 22.1 Å². The Morgan fingerprint density at radius 3 is 2.45 bits per heavy atom. The monoisotopic (exact) mass is 293 g/mol. The van der Waals surface area contributed by atoms with Crippen molar-refractivity contribution in [3.05, 3.63) is 64.2 Å². The summed E-state index contributed by atoms with van der Waals surface area (Å²) in [6.45, 7) is 0. The maximum atomic E-state index is 12.2. The van der Waals surface area contributed by atoms with Crippen LogP contribution in [0.15, 0.2) is 53.4 Å². The lowest BCUT2D eigenvalue weighted by Gasteiger charge is -2.05. The van der Waals surface area contributed by atoms with Crippen molar-refractivity contribution in [3.63, 3.8) is 0 Å². The zero-order valence-electron chi connectivity index (χ0n) is 10.3. The Labute approximate surface area is 115 Å². The summed E-state index contributed by atoms with van der Waals surface area (Å²) >= 11 is 0. The third-order valence-corrected chi connectivity index (χ3v) is 4.34. The van der Waals surface area contributed by atoms with Gasteiger partial charge >= 0.3 is 0 Å². The van der Waals surface area contributed by atoms with Gasteiger partial charge in [-0.15, -0.1) is 0 Å². The van der Waals surface area contributed by atoms with Gasteiger partial charge in [0, 0.05) is 12.1 Å². The van der Waals surface area contributed by atoms with Gasteiger partial charge in [0.15, 0.2) is 9.84 Å². The second kappa shape index (κ2) is 5.30. The van der Waals surface area contributed by atoms with E-state index in [0.29, 0.717) is 5.56 Å². The zero-order valence-corrected chi connectivity index (χ0v) is 11.1. The second-order valence-electron chi connectivity index (χ2n) is 4.18. The molecule has 7 heteroatoms. The lowest BCUT2D eigenvalue weighted by molar-refractivity contribution is -0.384. The number of nitro groups is 1. The quantitative estimate of drug-likeness (QED) is 0.689. The number of nitrogens with zero attached hydrogens (tertiary/aromatic N) is 1. The molecule has 6 nitrogen and oxygen atoms in total. The van der Waals surface area contributed by atoms with Crippen molar-refractivity contribution in [1.82, 2.24) is 0 Å². The van der Waals surface area contributed by atoms with E-state index in [1.807, 2.05) is 0 Å². The maximum Gasteiger partial charge on any atom is 0.269 e. The molecule has 20 heavy (non-hydrogen) atoms. The molecule has 0 aromatic heterocycles. The highest BCUT2D eigenvalue weighted by molar-refractivity contribution is 7.90. The molecule has 1 N–H and O–H groups in total. The van der Waals surface area contributed by atoms with Crippen molar-refractivity contribution in [1.29, 1.82) is 0 Å². The van der Waals surface area contributed by atoms with Crippen LogP contribution in [-0.2, 0) is 15.6 Å². The largest absolute Gasteiger partial charge is 0.508 e. The molecule has 0 fully saturated rings. The first-order chi connectivity index (χ1) is 9.38. The summed E-state index contributed by atoms with van der Waals surface area (Å²) in [5.41, 5.74) is 0.163. The van der Waals surface area contributed by atoms with Crippen LogP contribution in [-0.4, -0.2) is 18.4 Å². The first-order valence-corrected chi connectivity index (χ1v) is 7.29. The molecule has 0 atom stereocenters. The van der Waals surface area contributed by atoms with Crippen LogP contribution < -0.4 is 0 Å². The molecule has 2 aromatic rings. The number of non-ortho nitro benzene ring substituents is 1. The number of phenolic OH excluding ortho intramolecular Hbond substituents is 1. The van der Waals surface area contributed by atoms with E-state index in [1.54, 1.807) is 0 Å². The van der Waals surface area contributed by atoms with Gasteiger partial charge in [-0.2, -0.15) is 0 Å². The molecule has 0 saturated heterocycles. The summed E-state index contributed by atoms with van der Waals surface area (Å²) < 4.78 is 24.3. The number of aromatic hydroxyl groups is 1. The van der Waals surface area contributed by atoms with Gasteiger partial charge in [-0.3, -0.25) is 10.1 Å². The molecule has 0 spiro atoms. The fourth-order valence-corrected chi connectivity index (χ4v) is 3.11. The van der Waals surface area contributed by atoms with Crippen molar-refractivity contribution in [2.45, 2.75) is 10.6 Å². The first kappa shape index (κ1) is 14.0. The van der Waals surface area contributed by atoms with Gasteiger partial charge in [-0.1, -0.05) is 18.2 Å². The predicted octanol–water partition coefficient (Wildman–Crippen LogP) is 2.27. The van der Waals surface area contributed by atoms with Gasteiger partial charge in [0.1, 0.15) is 5.75 Å². The minimum Gasteiger partial charge on any atom is -0.508 e. The van der Waals surface area contributed by atoms with Gasteiger partial charge in [0.05, 0.1) is 15.6 Å². The Kier molecular flexibility index (Phi) is 3.71. The summed E-state index contributed by atoms with van der Waals surface area (Å²) in [5.74, 6) is -0.511. The molecule has 104 valence electrons. The number of hydrogen-bond acceptors (Lipinski definition) is 5. The predicted molar refractivity (Wildman–Crippen MR) is 72.1 cm³/mol. The maximum absolute atomic E-state index is 12.2. The number of phenols is 1. The lowest BCUT2D eigenvalue weighted by Crippen LogP contribution is -2.05. The summed E-state index contributed by atoms with van der Waals surface area (Å²) in [7, 11) is -3.66. The van der Waals surface area contributed by atoms with E-state index in [1.165, 1.54) is 42.5 Å². The number of nitro benzene ring substituents is 1. The summed E-state index contributed by atoms with van der Waals surface area (Å²) in [6, 6.07) is 10.8. The zero-order chi connectivity index (χ0) is 14.8. The van der Waals surface area contributed by atoms with Crippen LogP contribution in [0, 0.1) is 10.1 Å². The fraction of sp³-hybridized carbons (Fsp3) is 0.0769. The second-order valence-corrected chi connectivity index (χ2v) is 6.17. The Hall–Kier alpha value is -2.41. The van der Waals surface area contributed by atoms with Gasteiger partial charge in [-0.05, 0) is 23.8 Å². The van der Waals surface area contributed by atoms with Gasteiger partial charge in [0.2, 0.25) is 0 Å². The van der Waals surface area contributed by atoms with E-state index in [2.05, 4.69) is 0 Å². The molecular formula is C13H11NO5S. The molecule has 0 aliphatic heterocycles. The Morgan fingerprint density at radius 2 is 1.80 bits per heavy atom. The van der Waals surface area contributed by atoms with Crippen LogP contribution in [0.3, 0.4) is 0 Å². The average Bonchev–Trinajstić information content (AvgIpc) is 2.38. The third-order valence-electron chi connectivity index (χ3n) is 2.65. The number of sulfone groups is 1. The topological polar surface area (TPSA) is 97.5 Å². The van der Waals surface area contributed by atoms with Crippen LogP contribution in [0.4, 0.5) is 5.69 Å². The third kappa shape index (κ3) is 3.12. The lowest BCUT2D eigenvalue weighted by atomic mass is 10.2. The number of benzene rings is 2. The molecule has 0 unspecified atom stereocenters. The van der Waals surface area contributed by atoms with Gasteiger partial charge < -0.3 is 5.11 Å².